The van der Waals surface area contributed by atoms with Gasteiger partial charge in [-0.1, -0.05) is 48.0 Å². The fraction of sp³-hybridized carbons (Fsp3) is 0.231. The minimum atomic E-state index is -1.31. The van der Waals surface area contributed by atoms with Crippen molar-refractivity contribution in [2.75, 3.05) is 42.0 Å². The van der Waals surface area contributed by atoms with Crippen molar-refractivity contribution in [3.05, 3.63) is 84.4 Å². The Labute approximate surface area is 185 Å². The van der Waals surface area contributed by atoms with E-state index >= 15 is 0 Å². The van der Waals surface area contributed by atoms with Gasteiger partial charge in [-0.25, -0.2) is 0 Å². The highest BCUT2D eigenvalue weighted by Crippen LogP contribution is 2.38. The average Bonchev–Trinajstić information content (AvgIpc) is 3.10. The van der Waals surface area contributed by atoms with E-state index in [4.69, 9.17) is 14.2 Å². The van der Waals surface area contributed by atoms with Crippen molar-refractivity contribution in [1.29, 1.82) is 0 Å². The first-order valence-electron chi connectivity index (χ1n) is 10.6. The standard InChI is InChI=1S/C26H30BNO3/c1-28(2)19-18-26(20-6-12-23(29-3)13-7-20)27(28,21-8-14-24(30-4)15-9-21)22-10-16-25(31-5)17-11-22/h6-18H,19H2,1-5H3. The summed E-state index contributed by atoms with van der Waals surface area (Å²) in [5.74, 6) is 2.59. The minimum absolute atomic E-state index is 0.833. The molecule has 0 saturated heterocycles. The third-order valence-corrected chi connectivity index (χ3v) is 6.90. The number of ether oxygens (including phenoxy) is 3. The Kier molecular flexibility index (Phi) is 5.55. The number of quaternary nitrogens is 1. The van der Waals surface area contributed by atoms with Gasteiger partial charge in [-0.05, 0) is 36.4 Å². The molecule has 0 bridgehead atoms. The first kappa shape index (κ1) is 21.1. The van der Waals surface area contributed by atoms with Crippen LogP contribution < -0.4 is 25.1 Å². The van der Waals surface area contributed by atoms with E-state index in [1.54, 1.807) is 21.3 Å². The van der Waals surface area contributed by atoms with Gasteiger partial charge in [0.1, 0.15) is 17.2 Å². The van der Waals surface area contributed by atoms with E-state index < -0.39 is 6.28 Å². The highest BCUT2D eigenvalue weighted by molar-refractivity contribution is 7.10. The molecule has 31 heavy (non-hydrogen) atoms. The van der Waals surface area contributed by atoms with Crippen molar-refractivity contribution >= 4 is 22.7 Å². The van der Waals surface area contributed by atoms with Crippen molar-refractivity contribution in [1.82, 2.24) is 0 Å². The Bertz CT molecular complexity index is 1020. The number of rotatable bonds is 6. The topological polar surface area (TPSA) is 27.7 Å². The first-order valence-corrected chi connectivity index (χ1v) is 10.6. The van der Waals surface area contributed by atoms with Gasteiger partial charge >= 0.3 is 0 Å². The number of methoxy groups -OCH3 is 3. The summed E-state index contributed by atoms with van der Waals surface area (Å²) in [6.45, 7) is 0.944. The molecule has 1 aliphatic rings. The maximum atomic E-state index is 5.45. The summed E-state index contributed by atoms with van der Waals surface area (Å²) in [7, 11) is 9.76. The highest BCUT2D eigenvalue weighted by atomic mass is 16.5. The van der Waals surface area contributed by atoms with Crippen LogP contribution in [-0.4, -0.2) is 52.6 Å². The fourth-order valence-corrected chi connectivity index (χ4v) is 5.30. The summed E-state index contributed by atoms with van der Waals surface area (Å²) in [4.78, 5) is 0. The lowest BCUT2D eigenvalue weighted by molar-refractivity contribution is -0.776. The summed E-state index contributed by atoms with van der Waals surface area (Å²) in [6.07, 6.45) is 1.09. The molecule has 1 heterocycles. The molecule has 160 valence electrons. The Morgan fingerprint density at radius 2 is 1.00 bits per heavy atom. The molecule has 4 rings (SSSR count). The van der Waals surface area contributed by atoms with Crippen molar-refractivity contribution in [2.24, 2.45) is 0 Å². The van der Waals surface area contributed by atoms with Crippen LogP contribution in [0.15, 0.2) is 78.9 Å². The van der Waals surface area contributed by atoms with Crippen molar-refractivity contribution in [3.8, 4) is 17.2 Å². The van der Waals surface area contributed by atoms with Crippen LogP contribution in [0.4, 0.5) is 0 Å². The fourth-order valence-electron chi connectivity index (χ4n) is 5.30. The molecule has 0 N–H and O–H groups in total. The molecule has 0 spiro atoms. The second-order valence-electron chi connectivity index (χ2n) is 8.72. The molecular weight excluding hydrogens is 385 g/mol. The number of hydrogen-bond acceptors (Lipinski definition) is 3. The zero-order valence-corrected chi connectivity index (χ0v) is 19.0. The van der Waals surface area contributed by atoms with E-state index in [9.17, 15) is 0 Å². The number of hydrogen-bond donors (Lipinski definition) is 0. The van der Waals surface area contributed by atoms with Crippen molar-refractivity contribution in [2.45, 2.75) is 0 Å². The second-order valence-corrected chi connectivity index (χ2v) is 8.72. The number of likely N-dealkylation sites (N-methyl/N-ethyl adjacent to an activating group) is 1. The van der Waals surface area contributed by atoms with E-state index in [-0.39, 0.29) is 0 Å². The molecule has 0 atom stereocenters. The van der Waals surface area contributed by atoms with Crippen molar-refractivity contribution < 1.29 is 18.6 Å². The third kappa shape index (κ3) is 3.39. The van der Waals surface area contributed by atoms with Crippen LogP contribution >= 0.6 is 0 Å². The van der Waals surface area contributed by atoms with E-state index in [0.29, 0.717) is 0 Å². The van der Waals surface area contributed by atoms with Gasteiger partial charge < -0.3 is 18.6 Å². The molecule has 0 saturated carbocycles. The molecule has 0 unspecified atom stereocenters. The van der Waals surface area contributed by atoms with Gasteiger partial charge in [0.25, 0.3) is 6.28 Å². The first-order chi connectivity index (χ1) is 15.0. The molecule has 0 radical (unpaired) electrons. The zero-order chi connectivity index (χ0) is 22.1. The van der Waals surface area contributed by atoms with Gasteiger partial charge in [0, 0.05) is 14.1 Å². The van der Waals surface area contributed by atoms with Gasteiger partial charge in [0.2, 0.25) is 0 Å². The van der Waals surface area contributed by atoms with Gasteiger partial charge in [-0.2, -0.15) is 0 Å². The summed E-state index contributed by atoms with van der Waals surface area (Å²) in [5.41, 5.74) is 5.14. The Hall–Kier alpha value is -3.18. The lowest BCUT2D eigenvalue weighted by Crippen LogP contribution is -2.75. The summed E-state index contributed by atoms with van der Waals surface area (Å²) in [6, 6.07) is 25.5. The molecule has 0 aliphatic carbocycles. The predicted molar refractivity (Wildman–Crippen MR) is 129 cm³/mol. The quantitative estimate of drug-likeness (QED) is 0.577. The maximum Gasteiger partial charge on any atom is 0.291 e. The molecule has 0 aromatic heterocycles. The van der Waals surface area contributed by atoms with Crippen LogP contribution in [0.25, 0.3) is 5.47 Å². The average molecular weight is 415 g/mol. The normalized spacial score (nSPS) is 16.5. The van der Waals surface area contributed by atoms with Crippen LogP contribution in [0.1, 0.15) is 5.56 Å². The van der Waals surface area contributed by atoms with E-state index in [0.717, 1.165) is 28.2 Å². The monoisotopic (exact) mass is 415 g/mol. The Balaban J connectivity index is 1.97. The van der Waals surface area contributed by atoms with Gasteiger partial charge in [0.05, 0.1) is 27.9 Å². The lowest BCUT2D eigenvalue weighted by atomic mass is 9.22. The minimum Gasteiger partial charge on any atom is -0.506 e. The Morgan fingerprint density at radius 3 is 1.39 bits per heavy atom. The summed E-state index contributed by atoms with van der Waals surface area (Å²) >= 11 is 0. The van der Waals surface area contributed by atoms with Crippen LogP contribution in [0.2, 0.25) is 0 Å². The molecule has 0 amide bonds. The molecule has 3 aromatic rings. The number of benzene rings is 3. The van der Waals surface area contributed by atoms with E-state index in [2.05, 4.69) is 80.8 Å². The third-order valence-electron chi connectivity index (χ3n) is 6.90. The predicted octanol–water partition coefficient (Wildman–Crippen LogP) is 3.48. The van der Waals surface area contributed by atoms with Gasteiger partial charge in [0.15, 0.2) is 0 Å². The van der Waals surface area contributed by atoms with Crippen LogP contribution in [-0.2, 0) is 0 Å². The summed E-state index contributed by atoms with van der Waals surface area (Å²) in [5, 5.41) is 0. The molecule has 0 fully saturated rings. The SMILES string of the molecule is COc1ccc(C2=CC[N+](C)(C)[B-]2(c2ccc(OC)cc2)c2ccc(OC)cc2)cc1. The van der Waals surface area contributed by atoms with Crippen LogP contribution in [0, 0.1) is 0 Å². The second kappa shape index (κ2) is 8.16. The van der Waals surface area contributed by atoms with E-state index in [1.165, 1.54) is 22.0 Å². The molecular formula is C26H30BNO3. The van der Waals surface area contributed by atoms with Crippen LogP contribution in [0.3, 0.4) is 0 Å². The molecule has 5 heteroatoms. The smallest absolute Gasteiger partial charge is 0.291 e. The van der Waals surface area contributed by atoms with Gasteiger partial charge in [-0.3, -0.25) is 0 Å². The Morgan fingerprint density at radius 1 is 0.613 bits per heavy atom. The van der Waals surface area contributed by atoms with Gasteiger partial charge in [-0.15, -0.1) is 16.4 Å². The lowest BCUT2D eigenvalue weighted by Gasteiger charge is -2.54. The summed E-state index contributed by atoms with van der Waals surface area (Å²) < 4.78 is 17.1. The molecule has 1 aliphatic heterocycles. The maximum absolute atomic E-state index is 5.45. The number of nitrogens with zero attached hydrogens (tertiary/aromatic N) is 1. The van der Waals surface area contributed by atoms with Crippen LogP contribution in [0.5, 0.6) is 17.2 Å². The zero-order valence-electron chi connectivity index (χ0n) is 19.0. The molecule has 3 aromatic carbocycles. The largest absolute Gasteiger partial charge is 0.506 e. The highest BCUT2D eigenvalue weighted by Gasteiger charge is 2.50. The van der Waals surface area contributed by atoms with E-state index in [1.807, 2.05) is 12.1 Å². The molecule has 4 nitrogen and oxygen atoms in total. The van der Waals surface area contributed by atoms with Crippen molar-refractivity contribution in [3.63, 3.8) is 0 Å².